The first-order valence-electron chi connectivity index (χ1n) is 5.25. The third-order valence-corrected chi connectivity index (χ3v) is 2.43. The summed E-state index contributed by atoms with van der Waals surface area (Å²) in [4.78, 5) is 2.40. The fourth-order valence-corrected chi connectivity index (χ4v) is 1.31. The predicted octanol–water partition coefficient (Wildman–Crippen LogP) is 1.96. The fraction of sp³-hybridized carbons (Fsp3) is 1.00. The van der Waals surface area contributed by atoms with E-state index in [1.54, 1.807) is 0 Å². The molecule has 0 aliphatic carbocycles. The molecule has 0 amide bonds. The molecule has 0 aromatic rings. The molecule has 0 atom stereocenters. The normalized spacial score (nSPS) is 12.9. The Bertz CT molecular complexity index is 130. The van der Waals surface area contributed by atoms with Gasteiger partial charge in [0.1, 0.15) is 0 Å². The zero-order valence-corrected chi connectivity index (χ0v) is 10.1. The molecule has 0 heterocycles. The Morgan fingerprint density at radius 3 is 2.23 bits per heavy atom. The molecule has 0 rings (SSSR count). The van der Waals surface area contributed by atoms with E-state index in [9.17, 15) is 0 Å². The maximum absolute atomic E-state index is 3.32. The van der Waals surface area contributed by atoms with Crippen LogP contribution in [-0.2, 0) is 0 Å². The van der Waals surface area contributed by atoms with Gasteiger partial charge >= 0.3 is 0 Å². The van der Waals surface area contributed by atoms with E-state index in [1.807, 2.05) is 7.05 Å². The van der Waals surface area contributed by atoms with E-state index >= 15 is 0 Å². The molecule has 0 unspecified atom stereocenters. The molecule has 0 aliphatic heterocycles. The van der Waals surface area contributed by atoms with Gasteiger partial charge in [0.05, 0.1) is 0 Å². The minimum atomic E-state index is 0.228. The van der Waals surface area contributed by atoms with Crippen LogP contribution >= 0.6 is 0 Å². The molecule has 80 valence electrons. The third-order valence-electron chi connectivity index (χ3n) is 2.43. The van der Waals surface area contributed by atoms with E-state index in [2.05, 4.69) is 45.0 Å². The molecule has 0 spiro atoms. The first-order chi connectivity index (χ1) is 5.87. The van der Waals surface area contributed by atoms with Gasteiger partial charge in [-0.3, -0.25) is 0 Å². The van der Waals surface area contributed by atoms with Gasteiger partial charge in [0.2, 0.25) is 0 Å². The third kappa shape index (κ3) is 7.03. The Morgan fingerprint density at radius 1 is 1.31 bits per heavy atom. The predicted molar refractivity (Wildman–Crippen MR) is 60.1 cm³/mol. The zero-order valence-electron chi connectivity index (χ0n) is 10.1. The summed E-state index contributed by atoms with van der Waals surface area (Å²) in [7, 11) is 4.22. The maximum atomic E-state index is 3.32. The number of hydrogen-bond acceptors (Lipinski definition) is 2. The molecule has 0 fully saturated rings. The van der Waals surface area contributed by atoms with Crippen molar-refractivity contribution in [3.05, 3.63) is 0 Å². The van der Waals surface area contributed by atoms with Gasteiger partial charge in [-0.1, -0.05) is 13.8 Å². The van der Waals surface area contributed by atoms with Gasteiger partial charge in [0.25, 0.3) is 0 Å². The molecular formula is C11H26N2. The van der Waals surface area contributed by atoms with Crippen LogP contribution in [0.5, 0.6) is 0 Å². The van der Waals surface area contributed by atoms with Crippen molar-refractivity contribution in [1.82, 2.24) is 10.2 Å². The van der Waals surface area contributed by atoms with Crippen molar-refractivity contribution >= 4 is 0 Å². The fourth-order valence-electron chi connectivity index (χ4n) is 1.31. The highest BCUT2D eigenvalue weighted by molar-refractivity contribution is 4.78. The van der Waals surface area contributed by atoms with Crippen LogP contribution in [0.15, 0.2) is 0 Å². The number of nitrogens with one attached hydrogen (secondary N) is 1. The van der Waals surface area contributed by atoms with E-state index in [-0.39, 0.29) is 5.54 Å². The van der Waals surface area contributed by atoms with E-state index < -0.39 is 0 Å². The van der Waals surface area contributed by atoms with Gasteiger partial charge < -0.3 is 10.2 Å². The van der Waals surface area contributed by atoms with Gasteiger partial charge in [-0.2, -0.15) is 0 Å². The SMILES string of the molecule is CNC(C)(C)CN(C)CCC(C)C. The van der Waals surface area contributed by atoms with Gasteiger partial charge in [0.15, 0.2) is 0 Å². The summed E-state index contributed by atoms with van der Waals surface area (Å²) in [6.07, 6.45) is 1.29. The average Bonchev–Trinajstić information content (AvgIpc) is 2.00. The monoisotopic (exact) mass is 186 g/mol. The Morgan fingerprint density at radius 2 is 1.85 bits per heavy atom. The maximum Gasteiger partial charge on any atom is 0.0249 e. The number of nitrogens with zero attached hydrogens (tertiary/aromatic N) is 1. The van der Waals surface area contributed by atoms with E-state index in [0.29, 0.717) is 0 Å². The van der Waals surface area contributed by atoms with Crippen molar-refractivity contribution in [2.24, 2.45) is 5.92 Å². The van der Waals surface area contributed by atoms with Crippen molar-refractivity contribution < 1.29 is 0 Å². The second kappa shape index (κ2) is 5.61. The standard InChI is InChI=1S/C11H26N2/c1-10(2)7-8-13(6)9-11(3,4)12-5/h10,12H,7-9H2,1-6H3. The number of likely N-dealkylation sites (N-methyl/N-ethyl adjacent to an activating group) is 2. The molecule has 2 heteroatoms. The summed E-state index contributed by atoms with van der Waals surface area (Å²) >= 11 is 0. The molecule has 13 heavy (non-hydrogen) atoms. The molecule has 0 aromatic carbocycles. The van der Waals surface area contributed by atoms with E-state index in [0.717, 1.165) is 12.5 Å². The molecular weight excluding hydrogens is 160 g/mol. The highest BCUT2D eigenvalue weighted by Crippen LogP contribution is 2.06. The molecule has 0 aliphatic rings. The summed E-state index contributed by atoms with van der Waals surface area (Å²) in [5.74, 6) is 0.806. The van der Waals surface area contributed by atoms with Gasteiger partial charge in [0, 0.05) is 12.1 Å². The minimum Gasteiger partial charge on any atom is -0.314 e. The van der Waals surface area contributed by atoms with Crippen LogP contribution in [0.2, 0.25) is 0 Å². The molecule has 2 nitrogen and oxygen atoms in total. The topological polar surface area (TPSA) is 15.3 Å². The second-order valence-corrected chi connectivity index (χ2v) is 5.05. The Kier molecular flexibility index (Phi) is 5.57. The average molecular weight is 186 g/mol. The van der Waals surface area contributed by atoms with Crippen LogP contribution in [0.25, 0.3) is 0 Å². The zero-order chi connectivity index (χ0) is 10.5. The molecule has 0 aromatic heterocycles. The molecule has 1 N–H and O–H groups in total. The minimum absolute atomic E-state index is 0.228. The first-order valence-corrected chi connectivity index (χ1v) is 5.25. The summed E-state index contributed by atoms with van der Waals surface area (Å²) in [6, 6.07) is 0. The lowest BCUT2D eigenvalue weighted by Crippen LogP contribution is -2.46. The first kappa shape index (κ1) is 12.9. The second-order valence-electron chi connectivity index (χ2n) is 5.05. The van der Waals surface area contributed by atoms with Gasteiger partial charge in [-0.25, -0.2) is 0 Å². The summed E-state index contributed by atoms with van der Waals surface area (Å²) in [5.41, 5.74) is 0.228. The lowest BCUT2D eigenvalue weighted by atomic mass is 10.0. The van der Waals surface area contributed by atoms with Crippen molar-refractivity contribution in [3.63, 3.8) is 0 Å². The van der Waals surface area contributed by atoms with Crippen LogP contribution in [0.4, 0.5) is 0 Å². The Hall–Kier alpha value is -0.0800. The van der Waals surface area contributed by atoms with E-state index in [1.165, 1.54) is 13.0 Å². The quantitative estimate of drug-likeness (QED) is 0.682. The highest BCUT2D eigenvalue weighted by Gasteiger charge is 2.16. The van der Waals surface area contributed by atoms with Crippen LogP contribution in [0.1, 0.15) is 34.1 Å². The molecule has 0 saturated carbocycles. The summed E-state index contributed by atoms with van der Waals surface area (Å²) < 4.78 is 0. The van der Waals surface area contributed by atoms with Gasteiger partial charge in [-0.15, -0.1) is 0 Å². The lowest BCUT2D eigenvalue weighted by molar-refractivity contribution is 0.234. The highest BCUT2D eigenvalue weighted by atomic mass is 15.1. The number of hydrogen-bond donors (Lipinski definition) is 1. The van der Waals surface area contributed by atoms with Crippen molar-refractivity contribution in [1.29, 1.82) is 0 Å². The molecule has 0 saturated heterocycles. The smallest absolute Gasteiger partial charge is 0.0249 e. The van der Waals surface area contributed by atoms with Crippen molar-refractivity contribution in [2.45, 2.75) is 39.7 Å². The van der Waals surface area contributed by atoms with Crippen LogP contribution in [0, 0.1) is 5.92 Å². The summed E-state index contributed by atoms with van der Waals surface area (Å²) in [6.45, 7) is 11.3. The van der Waals surface area contributed by atoms with Crippen molar-refractivity contribution in [2.75, 3.05) is 27.2 Å². The van der Waals surface area contributed by atoms with Crippen LogP contribution < -0.4 is 5.32 Å². The molecule has 0 bridgehead atoms. The summed E-state index contributed by atoms with van der Waals surface area (Å²) in [5, 5.41) is 3.32. The Labute approximate surface area is 83.7 Å². The van der Waals surface area contributed by atoms with Crippen LogP contribution in [-0.4, -0.2) is 37.6 Å². The van der Waals surface area contributed by atoms with Crippen LogP contribution in [0.3, 0.4) is 0 Å². The Balaban J connectivity index is 3.67. The molecule has 0 radical (unpaired) electrons. The number of rotatable bonds is 6. The van der Waals surface area contributed by atoms with Crippen molar-refractivity contribution in [3.8, 4) is 0 Å². The van der Waals surface area contributed by atoms with Gasteiger partial charge in [-0.05, 0) is 46.8 Å². The van der Waals surface area contributed by atoms with E-state index in [4.69, 9.17) is 0 Å². The largest absolute Gasteiger partial charge is 0.314 e. The lowest BCUT2D eigenvalue weighted by Gasteiger charge is -2.30.